The fourth-order valence-electron chi connectivity index (χ4n) is 2.23. The Hall–Kier alpha value is -3.53. The Morgan fingerprint density at radius 1 is 1.20 bits per heavy atom. The predicted molar refractivity (Wildman–Crippen MR) is 87.2 cm³/mol. The lowest BCUT2D eigenvalue weighted by Crippen LogP contribution is -2.30. The Bertz CT molecular complexity index is 872. The van der Waals surface area contributed by atoms with Crippen LogP contribution in [0, 0.1) is 11.3 Å². The summed E-state index contributed by atoms with van der Waals surface area (Å²) in [5.74, 6) is -0.184. The molecule has 1 heterocycles. The van der Waals surface area contributed by atoms with Crippen LogP contribution in [0.2, 0.25) is 0 Å². The minimum absolute atomic E-state index is 0.102. The molecule has 0 aliphatic carbocycles. The van der Waals surface area contributed by atoms with E-state index in [4.69, 9.17) is 19.5 Å². The molecule has 25 heavy (non-hydrogen) atoms. The lowest BCUT2D eigenvalue weighted by Gasteiger charge is -2.14. The van der Waals surface area contributed by atoms with Crippen LogP contribution in [0.3, 0.4) is 0 Å². The van der Waals surface area contributed by atoms with Gasteiger partial charge in [0.15, 0.2) is 17.6 Å². The molecule has 0 radical (unpaired) electrons. The topological polar surface area (TPSA) is 97.7 Å². The highest BCUT2D eigenvalue weighted by Gasteiger charge is 2.22. The van der Waals surface area contributed by atoms with Crippen molar-refractivity contribution in [1.82, 2.24) is 0 Å². The number of fused-ring (bicyclic) bond motifs is 1. The molecule has 1 amide bonds. The van der Waals surface area contributed by atoms with Crippen molar-refractivity contribution in [2.24, 2.45) is 0 Å². The number of esters is 1. The van der Waals surface area contributed by atoms with E-state index in [1.807, 2.05) is 6.07 Å². The minimum Gasteiger partial charge on any atom is -0.454 e. The van der Waals surface area contributed by atoms with Gasteiger partial charge in [0.25, 0.3) is 5.91 Å². The van der Waals surface area contributed by atoms with Crippen molar-refractivity contribution >= 4 is 17.6 Å². The lowest BCUT2D eigenvalue weighted by atomic mass is 10.2. The zero-order chi connectivity index (χ0) is 17.8. The molecule has 0 saturated carbocycles. The second kappa shape index (κ2) is 6.93. The van der Waals surface area contributed by atoms with Crippen LogP contribution in [-0.4, -0.2) is 24.8 Å². The molecule has 0 unspecified atom stereocenters. The second-order valence-electron chi connectivity index (χ2n) is 5.26. The number of nitrogens with one attached hydrogen (secondary N) is 1. The maximum absolute atomic E-state index is 12.2. The fraction of sp³-hybridized carbons (Fsp3) is 0.167. The first-order valence-electron chi connectivity index (χ1n) is 7.49. The SMILES string of the molecule is C[C@H](OC(=O)c1ccc2c(c1)OCO2)C(=O)Nc1ccccc1C#N. The van der Waals surface area contributed by atoms with E-state index in [0.29, 0.717) is 22.7 Å². The molecule has 2 aromatic carbocycles. The summed E-state index contributed by atoms with van der Waals surface area (Å²) >= 11 is 0. The van der Waals surface area contributed by atoms with E-state index < -0.39 is 18.0 Å². The summed E-state index contributed by atoms with van der Waals surface area (Å²) in [4.78, 5) is 24.4. The summed E-state index contributed by atoms with van der Waals surface area (Å²) < 4.78 is 15.6. The minimum atomic E-state index is -1.04. The first kappa shape index (κ1) is 16.3. The van der Waals surface area contributed by atoms with Crippen molar-refractivity contribution in [3.05, 3.63) is 53.6 Å². The molecule has 7 nitrogen and oxygen atoms in total. The monoisotopic (exact) mass is 338 g/mol. The highest BCUT2D eigenvalue weighted by atomic mass is 16.7. The number of benzene rings is 2. The summed E-state index contributed by atoms with van der Waals surface area (Å²) in [6.45, 7) is 1.56. The number of nitrogens with zero attached hydrogens (tertiary/aromatic N) is 1. The first-order valence-corrected chi connectivity index (χ1v) is 7.49. The predicted octanol–water partition coefficient (Wildman–Crippen LogP) is 2.47. The highest BCUT2D eigenvalue weighted by molar-refractivity contribution is 5.98. The second-order valence-corrected chi connectivity index (χ2v) is 5.26. The van der Waals surface area contributed by atoms with Crippen LogP contribution in [0.5, 0.6) is 11.5 Å². The van der Waals surface area contributed by atoms with Crippen LogP contribution in [0.4, 0.5) is 5.69 Å². The largest absolute Gasteiger partial charge is 0.454 e. The third kappa shape index (κ3) is 3.53. The standard InChI is InChI=1S/C18H14N2O5/c1-11(17(21)20-14-5-3-2-4-13(14)9-19)25-18(22)12-6-7-15-16(8-12)24-10-23-15/h2-8,11H,10H2,1H3,(H,20,21)/t11-/m0/s1. The number of anilines is 1. The van der Waals surface area contributed by atoms with Gasteiger partial charge in [0, 0.05) is 0 Å². The Labute approximate surface area is 143 Å². The van der Waals surface area contributed by atoms with Crippen molar-refractivity contribution in [2.45, 2.75) is 13.0 Å². The van der Waals surface area contributed by atoms with Gasteiger partial charge in [-0.25, -0.2) is 4.79 Å². The van der Waals surface area contributed by atoms with Crippen LogP contribution in [0.25, 0.3) is 0 Å². The van der Waals surface area contributed by atoms with Gasteiger partial charge in [0.2, 0.25) is 6.79 Å². The fourth-order valence-corrected chi connectivity index (χ4v) is 2.23. The Kier molecular flexibility index (Phi) is 4.53. The maximum Gasteiger partial charge on any atom is 0.339 e. The number of carbonyl (C=O) groups excluding carboxylic acids is 2. The summed E-state index contributed by atoms with van der Waals surface area (Å²) in [6.07, 6.45) is -1.04. The number of hydrogen-bond acceptors (Lipinski definition) is 6. The molecule has 1 aliphatic rings. The molecule has 0 aromatic heterocycles. The zero-order valence-corrected chi connectivity index (χ0v) is 13.3. The molecule has 0 spiro atoms. The average molecular weight is 338 g/mol. The van der Waals surface area contributed by atoms with Crippen LogP contribution in [0.15, 0.2) is 42.5 Å². The molecule has 0 bridgehead atoms. The molecular weight excluding hydrogens is 324 g/mol. The lowest BCUT2D eigenvalue weighted by molar-refractivity contribution is -0.123. The maximum atomic E-state index is 12.2. The normalized spacial score (nSPS) is 12.8. The van der Waals surface area contributed by atoms with E-state index in [1.165, 1.54) is 19.1 Å². The van der Waals surface area contributed by atoms with Gasteiger partial charge in [0.05, 0.1) is 16.8 Å². The van der Waals surface area contributed by atoms with E-state index in [0.717, 1.165) is 0 Å². The smallest absolute Gasteiger partial charge is 0.339 e. The number of para-hydroxylation sites is 1. The number of ether oxygens (including phenoxy) is 3. The van der Waals surface area contributed by atoms with Crippen molar-refractivity contribution in [3.63, 3.8) is 0 Å². The van der Waals surface area contributed by atoms with Gasteiger partial charge in [-0.1, -0.05) is 12.1 Å². The molecule has 0 fully saturated rings. The van der Waals surface area contributed by atoms with Gasteiger partial charge in [-0.05, 0) is 37.3 Å². The van der Waals surface area contributed by atoms with E-state index >= 15 is 0 Å². The molecule has 2 aromatic rings. The average Bonchev–Trinajstić information content (AvgIpc) is 3.09. The van der Waals surface area contributed by atoms with Crippen molar-refractivity contribution in [3.8, 4) is 17.6 Å². The summed E-state index contributed by atoms with van der Waals surface area (Å²) in [5, 5.41) is 11.6. The van der Waals surface area contributed by atoms with Crippen LogP contribution in [0.1, 0.15) is 22.8 Å². The molecule has 3 rings (SSSR count). The number of nitriles is 1. The van der Waals surface area contributed by atoms with Gasteiger partial charge in [-0.3, -0.25) is 4.79 Å². The van der Waals surface area contributed by atoms with Gasteiger partial charge < -0.3 is 19.5 Å². The van der Waals surface area contributed by atoms with Gasteiger partial charge >= 0.3 is 5.97 Å². The highest BCUT2D eigenvalue weighted by Crippen LogP contribution is 2.32. The van der Waals surface area contributed by atoms with Crippen molar-refractivity contribution < 1.29 is 23.8 Å². The third-order valence-corrected chi connectivity index (χ3v) is 3.57. The van der Waals surface area contributed by atoms with Crippen molar-refractivity contribution in [1.29, 1.82) is 5.26 Å². The van der Waals surface area contributed by atoms with Gasteiger partial charge in [-0.2, -0.15) is 5.26 Å². The first-order chi connectivity index (χ1) is 12.1. The quantitative estimate of drug-likeness (QED) is 0.860. The molecule has 1 aliphatic heterocycles. The summed E-state index contributed by atoms with van der Waals surface area (Å²) in [5.41, 5.74) is 0.937. The van der Waals surface area contributed by atoms with Gasteiger partial charge in [0.1, 0.15) is 6.07 Å². The van der Waals surface area contributed by atoms with Crippen molar-refractivity contribution in [2.75, 3.05) is 12.1 Å². The van der Waals surface area contributed by atoms with E-state index in [1.54, 1.807) is 30.3 Å². The van der Waals surface area contributed by atoms with Crippen LogP contribution < -0.4 is 14.8 Å². The van der Waals surface area contributed by atoms with Gasteiger partial charge in [-0.15, -0.1) is 0 Å². The van der Waals surface area contributed by atoms with Crippen LogP contribution in [-0.2, 0) is 9.53 Å². The molecule has 1 atom stereocenters. The number of rotatable bonds is 4. The zero-order valence-electron chi connectivity index (χ0n) is 13.3. The Morgan fingerprint density at radius 3 is 2.76 bits per heavy atom. The van der Waals surface area contributed by atoms with E-state index in [9.17, 15) is 9.59 Å². The molecule has 7 heteroatoms. The Morgan fingerprint density at radius 2 is 1.96 bits per heavy atom. The van der Waals surface area contributed by atoms with E-state index in [2.05, 4.69) is 5.32 Å². The molecule has 1 N–H and O–H groups in total. The molecule has 0 saturated heterocycles. The van der Waals surface area contributed by atoms with Crippen LogP contribution >= 0.6 is 0 Å². The Balaban J connectivity index is 1.65. The molecular formula is C18H14N2O5. The number of hydrogen-bond donors (Lipinski definition) is 1. The number of carbonyl (C=O) groups is 2. The number of amides is 1. The molecule has 126 valence electrons. The summed E-state index contributed by atoms with van der Waals surface area (Å²) in [6, 6.07) is 13.2. The third-order valence-electron chi connectivity index (χ3n) is 3.57. The van der Waals surface area contributed by atoms with E-state index in [-0.39, 0.29) is 12.4 Å². The summed E-state index contributed by atoms with van der Waals surface area (Å²) in [7, 11) is 0.